The van der Waals surface area contributed by atoms with Gasteiger partial charge in [-0.3, -0.25) is 4.98 Å². The number of esters is 1. The summed E-state index contributed by atoms with van der Waals surface area (Å²) in [4.78, 5) is 29.2. The van der Waals surface area contributed by atoms with Crippen molar-refractivity contribution in [2.75, 3.05) is 6.61 Å². The van der Waals surface area contributed by atoms with Gasteiger partial charge in [-0.2, -0.15) is 0 Å². The quantitative estimate of drug-likeness (QED) is 0.713. The normalized spacial score (nSPS) is 10.5. The Kier molecular flexibility index (Phi) is 2.24. The van der Waals surface area contributed by atoms with Crippen LogP contribution in [0.2, 0.25) is 0 Å². The first-order valence-electron chi connectivity index (χ1n) is 4.46. The molecule has 15 heavy (non-hydrogen) atoms. The van der Waals surface area contributed by atoms with Crippen molar-refractivity contribution in [1.82, 2.24) is 14.4 Å². The molecule has 0 amide bonds. The minimum atomic E-state index is -0.531. The summed E-state index contributed by atoms with van der Waals surface area (Å²) in [6.07, 6.45) is 1.28. The molecule has 2 rings (SSSR count). The zero-order valence-corrected chi connectivity index (χ0v) is 8.06. The Bertz CT molecular complexity index is 555. The van der Waals surface area contributed by atoms with Crippen LogP contribution in [0.15, 0.2) is 23.3 Å². The Balaban J connectivity index is 2.62. The number of hydrogen-bond donors (Lipinski definition) is 1. The van der Waals surface area contributed by atoms with E-state index in [1.807, 2.05) is 0 Å². The average molecular weight is 207 g/mol. The van der Waals surface area contributed by atoms with Crippen molar-refractivity contribution in [2.24, 2.45) is 0 Å². The molecule has 6 nitrogen and oxygen atoms in total. The third-order valence-electron chi connectivity index (χ3n) is 1.93. The number of carbonyl (C=O) groups excluding carboxylic acids is 1. The lowest BCUT2D eigenvalue weighted by Gasteiger charge is -2.00. The minimum absolute atomic E-state index is 0.182. The van der Waals surface area contributed by atoms with E-state index < -0.39 is 11.7 Å². The fourth-order valence-corrected chi connectivity index (χ4v) is 1.32. The second kappa shape index (κ2) is 3.56. The van der Waals surface area contributed by atoms with Crippen molar-refractivity contribution in [3.8, 4) is 0 Å². The van der Waals surface area contributed by atoms with Gasteiger partial charge in [0.15, 0.2) is 0 Å². The number of H-pyrrole nitrogens is 1. The van der Waals surface area contributed by atoms with Gasteiger partial charge in [-0.05, 0) is 19.1 Å². The predicted molar refractivity (Wildman–Crippen MR) is 51.8 cm³/mol. The van der Waals surface area contributed by atoms with E-state index in [0.717, 1.165) is 0 Å². The Hall–Kier alpha value is -2.11. The van der Waals surface area contributed by atoms with Crippen LogP contribution < -0.4 is 5.69 Å². The fraction of sp³-hybridized carbons (Fsp3) is 0.222. The van der Waals surface area contributed by atoms with E-state index in [0.29, 0.717) is 5.65 Å². The summed E-state index contributed by atoms with van der Waals surface area (Å²) in [5.74, 6) is -0.531. The van der Waals surface area contributed by atoms with Gasteiger partial charge in [0, 0.05) is 0 Å². The first kappa shape index (κ1) is 9.45. The van der Waals surface area contributed by atoms with Crippen LogP contribution >= 0.6 is 0 Å². The molecule has 2 heterocycles. The largest absolute Gasteiger partial charge is 0.461 e. The number of hydrogen-bond acceptors (Lipinski definition) is 4. The molecule has 0 saturated heterocycles. The standard InChI is InChI=1S/C9H9N3O3/c1-2-15-8(13)6-3-4-7-10-5-11-9(14)12(6)7/h3-5H,2H2,1H3,(H,10,11,14). The first-order chi connectivity index (χ1) is 7.24. The molecule has 0 bridgehead atoms. The molecule has 78 valence electrons. The fourth-order valence-electron chi connectivity index (χ4n) is 1.32. The van der Waals surface area contributed by atoms with Gasteiger partial charge >= 0.3 is 11.7 Å². The summed E-state index contributed by atoms with van der Waals surface area (Å²) < 4.78 is 5.99. The Morgan fingerprint density at radius 1 is 1.60 bits per heavy atom. The number of nitrogens with one attached hydrogen (secondary N) is 1. The molecular weight excluding hydrogens is 198 g/mol. The Morgan fingerprint density at radius 3 is 3.13 bits per heavy atom. The second-order valence-corrected chi connectivity index (χ2v) is 2.84. The van der Waals surface area contributed by atoms with Gasteiger partial charge in [0.1, 0.15) is 11.3 Å². The van der Waals surface area contributed by atoms with Gasteiger partial charge in [-0.15, -0.1) is 0 Å². The van der Waals surface area contributed by atoms with Crippen LogP contribution in [0.4, 0.5) is 0 Å². The van der Waals surface area contributed by atoms with Gasteiger partial charge in [-0.1, -0.05) is 0 Å². The van der Waals surface area contributed by atoms with Crippen LogP contribution in [0.5, 0.6) is 0 Å². The number of carbonyl (C=O) groups is 1. The van der Waals surface area contributed by atoms with E-state index in [2.05, 4.69) is 9.97 Å². The summed E-state index contributed by atoms with van der Waals surface area (Å²) >= 11 is 0. The van der Waals surface area contributed by atoms with Crippen LogP contribution in [0.1, 0.15) is 17.4 Å². The number of fused-ring (bicyclic) bond motifs is 1. The smallest absolute Gasteiger partial charge is 0.355 e. The zero-order valence-electron chi connectivity index (χ0n) is 8.06. The summed E-state index contributed by atoms with van der Waals surface area (Å²) in [6, 6.07) is 3.09. The second-order valence-electron chi connectivity index (χ2n) is 2.84. The summed E-state index contributed by atoms with van der Waals surface area (Å²) in [7, 11) is 0. The maximum absolute atomic E-state index is 11.4. The molecule has 6 heteroatoms. The molecular formula is C9H9N3O3. The third kappa shape index (κ3) is 1.50. The number of ether oxygens (including phenoxy) is 1. The molecule has 0 aliphatic carbocycles. The Morgan fingerprint density at radius 2 is 2.40 bits per heavy atom. The van der Waals surface area contributed by atoms with Crippen molar-refractivity contribution in [2.45, 2.75) is 6.92 Å². The maximum Gasteiger partial charge on any atom is 0.355 e. The molecule has 0 aliphatic rings. The highest BCUT2D eigenvalue weighted by molar-refractivity contribution is 5.88. The monoisotopic (exact) mass is 207 g/mol. The van der Waals surface area contributed by atoms with Gasteiger partial charge < -0.3 is 4.74 Å². The topological polar surface area (TPSA) is 76.5 Å². The summed E-state index contributed by atoms with van der Waals surface area (Å²) in [5, 5.41) is 0. The molecule has 0 aliphatic heterocycles. The predicted octanol–water partition coefficient (Wildman–Crippen LogP) is 0.199. The van der Waals surface area contributed by atoms with Crippen molar-refractivity contribution in [1.29, 1.82) is 0 Å². The molecule has 0 unspecified atom stereocenters. The average Bonchev–Trinajstić information content (AvgIpc) is 2.63. The highest BCUT2D eigenvalue weighted by Crippen LogP contribution is 2.05. The summed E-state index contributed by atoms with van der Waals surface area (Å²) in [5.41, 5.74) is 0.191. The molecule has 0 aromatic carbocycles. The van der Waals surface area contributed by atoms with E-state index in [-0.39, 0.29) is 12.3 Å². The first-order valence-corrected chi connectivity index (χ1v) is 4.46. The van der Waals surface area contributed by atoms with E-state index in [1.54, 1.807) is 13.0 Å². The van der Waals surface area contributed by atoms with Gasteiger partial charge in [0.2, 0.25) is 0 Å². The SMILES string of the molecule is CCOC(=O)c1ccc2nc[nH]c(=O)n12. The molecule has 0 atom stereocenters. The van der Waals surface area contributed by atoms with Crippen LogP contribution in [-0.4, -0.2) is 26.9 Å². The number of rotatable bonds is 2. The zero-order chi connectivity index (χ0) is 10.8. The highest BCUT2D eigenvalue weighted by atomic mass is 16.5. The molecule has 1 N–H and O–H groups in total. The molecule has 0 fully saturated rings. The highest BCUT2D eigenvalue weighted by Gasteiger charge is 2.13. The number of nitrogens with zero attached hydrogens (tertiary/aromatic N) is 2. The summed E-state index contributed by atoms with van der Waals surface area (Å²) in [6.45, 7) is 1.97. The van der Waals surface area contributed by atoms with Crippen LogP contribution in [0.3, 0.4) is 0 Å². The van der Waals surface area contributed by atoms with Gasteiger partial charge in [0.25, 0.3) is 0 Å². The van der Waals surface area contributed by atoms with Crippen LogP contribution in [0.25, 0.3) is 5.65 Å². The molecule has 2 aromatic heterocycles. The van der Waals surface area contributed by atoms with E-state index in [4.69, 9.17) is 4.74 Å². The number of aromatic amines is 1. The lowest BCUT2D eigenvalue weighted by Crippen LogP contribution is -2.21. The van der Waals surface area contributed by atoms with Crippen molar-refractivity contribution < 1.29 is 9.53 Å². The van der Waals surface area contributed by atoms with Crippen molar-refractivity contribution >= 4 is 11.6 Å². The molecule has 0 saturated carbocycles. The molecule has 0 radical (unpaired) electrons. The van der Waals surface area contributed by atoms with Gasteiger partial charge in [0.05, 0.1) is 12.9 Å². The molecule has 2 aromatic rings. The van der Waals surface area contributed by atoms with Crippen molar-refractivity contribution in [3.05, 3.63) is 34.6 Å². The Labute approximate surface area is 84.5 Å². The maximum atomic E-state index is 11.4. The molecule has 0 spiro atoms. The lowest BCUT2D eigenvalue weighted by atomic mass is 10.4. The minimum Gasteiger partial charge on any atom is -0.461 e. The van der Waals surface area contributed by atoms with E-state index >= 15 is 0 Å². The van der Waals surface area contributed by atoms with Crippen LogP contribution in [-0.2, 0) is 4.74 Å². The van der Waals surface area contributed by atoms with Crippen LogP contribution in [0, 0.1) is 0 Å². The number of aromatic nitrogens is 3. The van der Waals surface area contributed by atoms with E-state index in [9.17, 15) is 9.59 Å². The van der Waals surface area contributed by atoms with Gasteiger partial charge in [-0.25, -0.2) is 19.0 Å². The lowest BCUT2D eigenvalue weighted by molar-refractivity contribution is 0.0518. The van der Waals surface area contributed by atoms with E-state index in [1.165, 1.54) is 16.8 Å². The van der Waals surface area contributed by atoms with Crippen molar-refractivity contribution in [3.63, 3.8) is 0 Å². The third-order valence-corrected chi connectivity index (χ3v) is 1.93.